The topological polar surface area (TPSA) is 71.3 Å². The molecule has 0 saturated carbocycles. The van der Waals surface area contributed by atoms with Crippen LogP contribution in [0.1, 0.15) is 35.9 Å². The molecule has 0 aliphatic carbocycles. The molecule has 4 rings (SSSR count). The highest BCUT2D eigenvalue weighted by Gasteiger charge is 2.38. The normalized spacial score (nSPS) is 16.7. The lowest BCUT2D eigenvalue weighted by Gasteiger charge is -2.23. The number of carbonyl (C=O) groups is 1. The maximum atomic E-state index is 13.1. The van der Waals surface area contributed by atoms with Gasteiger partial charge in [-0.05, 0) is 43.2 Å². The van der Waals surface area contributed by atoms with Crippen LogP contribution in [0.3, 0.4) is 0 Å². The van der Waals surface area contributed by atoms with Gasteiger partial charge in [-0.2, -0.15) is 31.3 Å². The Balaban J connectivity index is 1.57. The van der Waals surface area contributed by atoms with Gasteiger partial charge in [0.05, 0.1) is 11.1 Å². The Hall–Kier alpha value is -3.28. The van der Waals surface area contributed by atoms with Gasteiger partial charge in [-0.25, -0.2) is 4.79 Å². The van der Waals surface area contributed by atoms with Gasteiger partial charge in [0.15, 0.2) is 0 Å². The van der Waals surface area contributed by atoms with Gasteiger partial charge < -0.3 is 14.7 Å². The van der Waals surface area contributed by atoms with Crippen molar-refractivity contribution in [3.05, 3.63) is 64.5 Å². The fourth-order valence-corrected chi connectivity index (χ4v) is 3.79. The third kappa shape index (κ3) is 5.11. The zero-order valence-corrected chi connectivity index (χ0v) is 17.8. The zero-order valence-electron chi connectivity index (χ0n) is 17.0. The van der Waals surface area contributed by atoms with Crippen molar-refractivity contribution in [1.29, 1.82) is 0 Å². The van der Waals surface area contributed by atoms with Crippen LogP contribution in [0.25, 0.3) is 11.4 Å². The van der Waals surface area contributed by atoms with Crippen LogP contribution in [0.4, 0.5) is 36.8 Å². The lowest BCUT2D eigenvalue weighted by molar-refractivity contribution is -0.143. The first-order valence-electron chi connectivity index (χ1n) is 9.88. The highest BCUT2D eigenvalue weighted by molar-refractivity contribution is 6.30. The molecule has 1 saturated heterocycles. The highest BCUT2D eigenvalue weighted by Crippen LogP contribution is 2.38. The first-order valence-corrected chi connectivity index (χ1v) is 10.3. The van der Waals surface area contributed by atoms with Crippen molar-refractivity contribution in [3.63, 3.8) is 0 Å². The Morgan fingerprint density at radius 3 is 2.35 bits per heavy atom. The summed E-state index contributed by atoms with van der Waals surface area (Å²) < 4.78 is 83.9. The smallest absolute Gasteiger partial charge is 0.337 e. The first-order chi connectivity index (χ1) is 15.9. The second-order valence-electron chi connectivity index (χ2n) is 7.54. The minimum atomic E-state index is -5.03. The Morgan fingerprint density at radius 1 is 1.06 bits per heavy atom. The predicted octanol–water partition coefficient (Wildman–Crippen LogP) is 6.80. The van der Waals surface area contributed by atoms with Gasteiger partial charge in [-0.3, -0.25) is 0 Å². The average Bonchev–Trinajstić information content (AvgIpc) is 3.42. The van der Waals surface area contributed by atoms with E-state index in [0.29, 0.717) is 35.6 Å². The molecule has 1 unspecified atom stereocenters. The number of hydrogen-bond acceptors (Lipinski definition) is 4. The summed E-state index contributed by atoms with van der Waals surface area (Å²) in [6.45, 7) is 0.191. The van der Waals surface area contributed by atoms with Gasteiger partial charge in [-0.1, -0.05) is 28.9 Å². The average molecular weight is 505 g/mol. The van der Waals surface area contributed by atoms with E-state index in [1.807, 2.05) is 0 Å². The summed E-state index contributed by atoms with van der Waals surface area (Å²) in [5.74, 6) is 0.306. The van der Waals surface area contributed by atoms with Crippen molar-refractivity contribution in [2.24, 2.45) is 0 Å². The van der Waals surface area contributed by atoms with Crippen LogP contribution in [0.15, 0.2) is 47.0 Å². The van der Waals surface area contributed by atoms with E-state index in [1.54, 1.807) is 24.3 Å². The Kier molecular flexibility index (Phi) is 6.19. The molecule has 1 atom stereocenters. The summed E-state index contributed by atoms with van der Waals surface area (Å²) in [7, 11) is 0. The van der Waals surface area contributed by atoms with Crippen LogP contribution in [-0.4, -0.2) is 27.6 Å². The molecule has 2 amide bonds. The van der Waals surface area contributed by atoms with Crippen LogP contribution >= 0.6 is 11.6 Å². The van der Waals surface area contributed by atoms with Gasteiger partial charge in [0.25, 0.3) is 0 Å². The van der Waals surface area contributed by atoms with E-state index in [9.17, 15) is 31.1 Å². The van der Waals surface area contributed by atoms with Crippen LogP contribution < -0.4 is 5.32 Å². The van der Waals surface area contributed by atoms with Crippen LogP contribution in [0, 0.1) is 0 Å². The molecule has 2 heterocycles. The van der Waals surface area contributed by atoms with E-state index >= 15 is 0 Å². The number of rotatable bonds is 3. The predicted molar refractivity (Wildman–Crippen MR) is 109 cm³/mol. The summed E-state index contributed by atoms with van der Waals surface area (Å²) in [5.41, 5.74) is -3.12. The molecule has 1 N–H and O–H groups in total. The number of alkyl halides is 6. The summed E-state index contributed by atoms with van der Waals surface area (Å²) in [5, 5.41) is 6.46. The highest BCUT2D eigenvalue weighted by atomic mass is 35.5. The van der Waals surface area contributed by atoms with Gasteiger partial charge >= 0.3 is 18.4 Å². The first kappa shape index (κ1) is 23.9. The minimum Gasteiger partial charge on any atom is -0.337 e. The second-order valence-corrected chi connectivity index (χ2v) is 7.98. The van der Waals surface area contributed by atoms with Gasteiger partial charge in [0.2, 0.25) is 11.7 Å². The van der Waals surface area contributed by atoms with E-state index in [0.717, 1.165) is 0 Å². The lowest BCUT2D eigenvalue weighted by Crippen LogP contribution is -2.34. The maximum Gasteiger partial charge on any atom is 0.416 e. The maximum absolute atomic E-state index is 13.1. The molecular weight excluding hydrogens is 490 g/mol. The summed E-state index contributed by atoms with van der Waals surface area (Å²) >= 11 is 5.96. The molecule has 0 bridgehead atoms. The van der Waals surface area contributed by atoms with E-state index in [-0.39, 0.29) is 24.3 Å². The number of urea groups is 1. The number of anilines is 1. The van der Waals surface area contributed by atoms with Crippen molar-refractivity contribution in [3.8, 4) is 11.4 Å². The summed E-state index contributed by atoms with van der Waals surface area (Å²) in [4.78, 5) is 18.3. The van der Waals surface area contributed by atoms with E-state index in [2.05, 4.69) is 15.5 Å². The summed E-state index contributed by atoms with van der Waals surface area (Å²) in [6, 6.07) is 5.95. The third-order valence-corrected chi connectivity index (χ3v) is 5.40. The summed E-state index contributed by atoms with van der Waals surface area (Å²) in [6.07, 6.45) is -9.13. The molecule has 1 aromatic heterocycles. The van der Waals surface area contributed by atoms with E-state index in [4.69, 9.17) is 16.1 Å². The number of halogens is 7. The number of carbonyl (C=O) groups excluding carboxylic acids is 1. The molecule has 180 valence electrons. The molecule has 6 nitrogen and oxygen atoms in total. The van der Waals surface area contributed by atoms with E-state index in [1.165, 1.54) is 4.90 Å². The third-order valence-electron chi connectivity index (χ3n) is 5.16. The zero-order chi connectivity index (χ0) is 24.7. The van der Waals surface area contributed by atoms with Crippen molar-refractivity contribution in [2.75, 3.05) is 11.9 Å². The number of nitrogens with zero attached hydrogens (tertiary/aromatic N) is 3. The molecule has 1 aliphatic heterocycles. The molecule has 1 fully saturated rings. The van der Waals surface area contributed by atoms with Gasteiger partial charge in [0.1, 0.15) is 6.04 Å². The van der Waals surface area contributed by atoms with Crippen molar-refractivity contribution >= 4 is 23.3 Å². The lowest BCUT2D eigenvalue weighted by atomic mass is 10.1. The van der Waals surface area contributed by atoms with Crippen LogP contribution in [-0.2, 0) is 12.4 Å². The number of benzene rings is 2. The fraction of sp³-hybridized carbons (Fsp3) is 0.286. The SMILES string of the molecule is O=C(Nc1cc(C(F)(F)F)cc(C(F)(F)F)c1)N1CCCC1c1nc(-c2cccc(Cl)c2)no1. The van der Waals surface area contributed by atoms with E-state index < -0.39 is 41.2 Å². The molecule has 3 aromatic rings. The molecule has 1 aliphatic rings. The molecule has 0 spiro atoms. The number of hydrogen-bond donors (Lipinski definition) is 1. The monoisotopic (exact) mass is 504 g/mol. The Morgan fingerprint density at radius 2 is 1.74 bits per heavy atom. The van der Waals surface area contributed by atoms with Gasteiger partial charge in [0, 0.05) is 22.8 Å². The number of amides is 2. The molecular formula is C21H15ClF6N4O2. The Labute approximate surface area is 193 Å². The molecule has 2 aromatic carbocycles. The molecule has 13 heteroatoms. The minimum absolute atomic E-state index is 0.00980. The standard InChI is InChI=1S/C21H15ClF6N4O2/c22-14-4-1-3-11(7-14)17-30-18(34-31-17)16-5-2-6-32(16)19(33)29-15-9-12(20(23,24)25)8-13(10-15)21(26,27)28/h1,3-4,7-10,16H,2,5-6H2,(H,29,33). The van der Waals surface area contributed by atoms with Crippen molar-refractivity contribution in [2.45, 2.75) is 31.2 Å². The van der Waals surface area contributed by atoms with Crippen molar-refractivity contribution in [1.82, 2.24) is 15.0 Å². The van der Waals surface area contributed by atoms with Crippen LogP contribution in [0.5, 0.6) is 0 Å². The Bertz CT molecular complexity index is 1180. The number of likely N-dealkylation sites (tertiary alicyclic amines) is 1. The molecule has 0 radical (unpaired) electrons. The second kappa shape index (κ2) is 8.82. The van der Waals surface area contributed by atoms with Gasteiger partial charge in [-0.15, -0.1) is 0 Å². The quantitative estimate of drug-likeness (QED) is 0.398. The van der Waals surface area contributed by atoms with Crippen LogP contribution in [0.2, 0.25) is 5.02 Å². The number of nitrogens with one attached hydrogen (secondary N) is 1. The fourth-order valence-electron chi connectivity index (χ4n) is 3.60. The number of aromatic nitrogens is 2. The largest absolute Gasteiger partial charge is 0.416 e. The van der Waals surface area contributed by atoms with Crippen molar-refractivity contribution < 1.29 is 35.7 Å². The molecule has 34 heavy (non-hydrogen) atoms.